The normalized spacial score (nSPS) is 17.8. The molecule has 0 N–H and O–H groups in total. The SMILES string of the molecule is COc1ccc(C2CC2COc2nc(C)ncc2-c2ccc(=O)n(C(C)C)c2)nc1. The van der Waals surface area contributed by atoms with Gasteiger partial charge in [0.2, 0.25) is 5.88 Å². The molecular formula is C23H26N4O3. The van der Waals surface area contributed by atoms with Gasteiger partial charge in [-0.1, -0.05) is 0 Å². The average molecular weight is 406 g/mol. The summed E-state index contributed by atoms with van der Waals surface area (Å²) in [6, 6.07) is 7.39. The monoisotopic (exact) mass is 406 g/mol. The molecule has 1 fully saturated rings. The molecule has 0 saturated heterocycles. The number of methoxy groups -OCH3 is 1. The Balaban J connectivity index is 1.51. The van der Waals surface area contributed by atoms with Crippen molar-refractivity contribution in [2.24, 2.45) is 5.92 Å². The molecule has 156 valence electrons. The fourth-order valence-corrected chi connectivity index (χ4v) is 3.54. The van der Waals surface area contributed by atoms with Crippen LogP contribution < -0.4 is 15.0 Å². The van der Waals surface area contributed by atoms with Crippen molar-refractivity contribution < 1.29 is 9.47 Å². The second kappa shape index (κ2) is 8.26. The first-order valence-corrected chi connectivity index (χ1v) is 10.1. The fourth-order valence-electron chi connectivity index (χ4n) is 3.54. The first-order valence-electron chi connectivity index (χ1n) is 10.1. The van der Waals surface area contributed by atoms with Crippen LogP contribution in [0.2, 0.25) is 0 Å². The predicted octanol–water partition coefficient (Wildman–Crippen LogP) is 3.78. The minimum absolute atomic E-state index is 0.0305. The van der Waals surface area contributed by atoms with E-state index < -0.39 is 0 Å². The summed E-state index contributed by atoms with van der Waals surface area (Å²) in [5, 5.41) is 0. The van der Waals surface area contributed by atoms with Crippen molar-refractivity contribution in [3.05, 3.63) is 64.7 Å². The lowest BCUT2D eigenvalue weighted by Crippen LogP contribution is -2.20. The quantitative estimate of drug-likeness (QED) is 0.594. The summed E-state index contributed by atoms with van der Waals surface area (Å²) in [6.45, 7) is 6.36. The predicted molar refractivity (Wildman–Crippen MR) is 114 cm³/mol. The van der Waals surface area contributed by atoms with E-state index >= 15 is 0 Å². The van der Waals surface area contributed by atoms with Crippen molar-refractivity contribution in [3.63, 3.8) is 0 Å². The molecule has 1 saturated carbocycles. The van der Waals surface area contributed by atoms with E-state index in [9.17, 15) is 4.79 Å². The van der Waals surface area contributed by atoms with Crippen LogP contribution in [-0.2, 0) is 0 Å². The maximum absolute atomic E-state index is 12.1. The third kappa shape index (κ3) is 4.20. The molecule has 7 heteroatoms. The number of nitrogens with zero attached hydrogens (tertiary/aromatic N) is 4. The molecule has 30 heavy (non-hydrogen) atoms. The molecule has 0 amide bonds. The number of hydrogen-bond donors (Lipinski definition) is 0. The van der Waals surface area contributed by atoms with Gasteiger partial charge in [-0.15, -0.1) is 0 Å². The minimum atomic E-state index is -0.0305. The van der Waals surface area contributed by atoms with Gasteiger partial charge in [-0.2, -0.15) is 4.98 Å². The standard InChI is InChI=1S/C23H26N4O3/c1-14(2)27-12-16(5-8-22(27)28)20-11-24-15(3)26-23(20)30-13-17-9-19(17)21-7-6-18(29-4)10-25-21/h5-8,10-12,14,17,19H,9,13H2,1-4H3. The second-order valence-corrected chi connectivity index (χ2v) is 7.93. The van der Waals surface area contributed by atoms with Crippen molar-refractivity contribution in [1.29, 1.82) is 0 Å². The highest BCUT2D eigenvalue weighted by atomic mass is 16.5. The lowest BCUT2D eigenvalue weighted by molar-refractivity contribution is 0.285. The van der Waals surface area contributed by atoms with Crippen molar-refractivity contribution in [2.75, 3.05) is 13.7 Å². The van der Waals surface area contributed by atoms with Crippen LogP contribution in [0.4, 0.5) is 0 Å². The second-order valence-electron chi connectivity index (χ2n) is 7.93. The molecule has 4 rings (SSSR count). The average Bonchev–Trinajstić information content (AvgIpc) is 3.52. The Morgan fingerprint density at radius 1 is 1.17 bits per heavy atom. The number of hydrogen-bond acceptors (Lipinski definition) is 6. The number of pyridine rings is 2. The van der Waals surface area contributed by atoms with E-state index in [1.165, 1.54) is 0 Å². The van der Waals surface area contributed by atoms with Gasteiger partial charge in [0, 0.05) is 47.6 Å². The Labute approximate surface area is 175 Å². The summed E-state index contributed by atoms with van der Waals surface area (Å²) < 4.78 is 13.0. The Bertz CT molecular complexity index is 1090. The van der Waals surface area contributed by atoms with E-state index in [4.69, 9.17) is 9.47 Å². The van der Waals surface area contributed by atoms with Crippen molar-refractivity contribution >= 4 is 0 Å². The summed E-state index contributed by atoms with van der Waals surface area (Å²) in [7, 11) is 1.64. The van der Waals surface area contributed by atoms with Gasteiger partial charge in [0.25, 0.3) is 5.56 Å². The summed E-state index contributed by atoms with van der Waals surface area (Å²) in [6.07, 6.45) is 6.39. The topological polar surface area (TPSA) is 79.1 Å². The highest BCUT2D eigenvalue weighted by molar-refractivity contribution is 5.66. The van der Waals surface area contributed by atoms with E-state index in [2.05, 4.69) is 15.0 Å². The van der Waals surface area contributed by atoms with Crippen LogP contribution in [0, 0.1) is 12.8 Å². The Morgan fingerprint density at radius 2 is 2.00 bits per heavy atom. The molecular weight excluding hydrogens is 380 g/mol. The van der Waals surface area contributed by atoms with Crippen molar-refractivity contribution in [3.8, 4) is 22.8 Å². The van der Waals surface area contributed by atoms with E-state index in [1.807, 2.05) is 39.1 Å². The lowest BCUT2D eigenvalue weighted by atomic mass is 10.1. The molecule has 3 aromatic rings. The first kappa shape index (κ1) is 20.1. The van der Waals surface area contributed by atoms with Crippen LogP contribution in [0.5, 0.6) is 11.6 Å². The van der Waals surface area contributed by atoms with Gasteiger partial charge in [-0.3, -0.25) is 9.78 Å². The fraction of sp³-hybridized carbons (Fsp3) is 0.391. The van der Waals surface area contributed by atoms with Gasteiger partial charge in [0.15, 0.2) is 0 Å². The summed E-state index contributed by atoms with van der Waals surface area (Å²) in [4.78, 5) is 25.4. The van der Waals surface area contributed by atoms with E-state index in [0.29, 0.717) is 30.1 Å². The van der Waals surface area contributed by atoms with Gasteiger partial charge in [-0.05, 0) is 45.4 Å². The zero-order valence-electron chi connectivity index (χ0n) is 17.7. The van der Waals surface area contributed by atoms with Gasteiger partial charge < -0.3 is 14.0 Å². The summed E-state index contributed by atoms with van der Waals surface area (Å²) in [5.41, 5.74) is 2.68. The lowest BCUT2D eigenvalue weighted by Gasteiger charge is -2.14. The molecule has 3 heterocycles. The Hall–Kier alpha value is -3.22. The number of ether oxygens (including phenoxy) is 2. The maximum atomic E-state index is 12.1. The minimum Gasteiger partial charge on any atom is -0.495 e. The van der Waals surface area contributed by atoms with E-state index in [-0.39, 0.29) is 11.6 Å². The summed E-state index contributed by atoms with van der Waals surface area (Å²) in [5.74, 6) is 2.75. The van der Waals surface area contributed by atoms with Gasteiger partial charge in [0.1, 0.15) is 11.6 Å². The van der Waals surface area contributed by atoms with Gasteiger partial charge >= 0.3 is 0 Å². The highest BCUT2D eigenvalue weighted by Crippen LogP contribution is 2.47. The van der Waals surface area contributed by atoms with Crippen LogP contribution in [0.15, 0.2) is 47.7 Å². The molecule has 0 bridgehead atoms. The zero-order chi connectivity index (χ0) is 21.3. The molecule has 0 spiro atoms. The summed E-state index contributed by atoms with van der Waals surface area (Å²) >= 11 is 0. The smallest absolute Gasteiger partial charge is 0.250 e. The Morgan fingerprint density at radius 3 is 2.70 bits per heavy atom. The van der Waals surface area contributed by atoms with Crippen LogP contribution in [-0.4, -0.2) is 33.2 Å². The number of aryl methyl sites for hydroxylation is 1. The molecule has 2 atom stereocenters. The molecule has 3 aromatic heterocycles. The molecule has 0 aromatic carbocycles. The third-order valence-corrected chi connectivity index (χ3v) is 5.41. The molecule has 0 aliphatic heterocycles. The molecule has 2 unspecified atom stereocenters. The molecule has 0 radical (unpaired) electrons. The molecule has 7 nitrogen and oxygen atoms in total. The number of aromatic nitrogens is 4. The van der Waals surface area contributed by atoms with Crippen molar-refractivity contribution in [2.45, 2.75) is 39.2 Å². The van der Waals surface area contributed by atoms with Crippen LogP contribution in [0.3, 0.4) is 0 Å². The van der Waals surface area contributed by atoms with Gasteiger partial charge in [-0.25, -0.2) is 4.98 Å². The highest BCUT2D eigenvalue weighted by Gasteiger charge is 2.40. The van der Waals surface area contributed by atoms with Crippen LogP contribution >= 0.6 is 0 Å². The van der Waals surface area contributed by atoms with Crippen molar-refractivity contribution in [1.82, 2.24) is 19.5 Å². The zero-order valence-corrected chi connectivity index (χ0v) is 17.7. The maximum Gasteiger partial charge on any atom is 0.250 e. The van der Waals surface area contributed by atoms with Crippen LogP contribution in [0.1, 0.15) is 43.7 Å². The largest absolute Gasteiger partial charge is 0.495 e. The van der Waals surface area contributed by atoms with E-state index in [0.717, 1.165) is 29.0 Å². The van der Waals surface area contributed by atoms with Gasteiger partial charge in [0.05, 0.1) is 25.5 Å². The van der Waals surface area contributed by atoms with Crippen LogP contribution in [0.25, 0.3) is 11.1 Å². The van der Waals surface area contributed by atoms with E-state index in [1.54, 1.807) is 36.2 Å². The Kier molecular flexibility index (Phi) is 5.53. The molecule has 1 aliphatic carbocycles. The third-order valence-electron chi connectivity index (χ3n) is 5.41. The molecule has 1 aliphatic rings. The first-order chi connectivity index (χ1) is 14.5. The number of rotatable bonds is 7.